The summed E-state index contributed by atoms with van der Waals surface area (Å²) in [5, 5.41) is 0. The summed E-state index contributed by atoms with van der Waals surface area (Å²) in [6, 6.07) is 11.3. The molecule has 1 aromatic rings. The molecule has 1 atom stereocenters. The first kappa shape index (κ1) is 17.9. The average Bonchev–Trinajstić information content (AvgIpc) is 3.09. The van der Waals surface area contributed by atoms with Crippen molar-refractivity contribution in [3.63, 3.8) is 0 Å². The zero-order valence-corrected chi connectivity index (χ0v) is 16.1. The van der Waals surface area contributed by atoms with Crippen molar-refractivity contribution in [2.24, 2.45) is 5.41 Å². The van der Waals surface area contributed by atoms with E-state index >= 15 is 0 Å². The Bertz CT molecular complexity index is 679. The Hall–Kier alpha value is -0.910. The second kappa shape index (κ2) is 6.11. The number of sulfonamides is 1. The predicted molar refractivity (Wildman–Crippen MR) is 98.6 cm³/mol. The smallest absolute Gasteiger partial charge is 0.211 e. The highest BCUT2D eigenvalue weighted by Gasteiger charge is 2.62. The van der Waals surface area contributed by atoms with E-state index in [-0.39, 0.29) is 5.41 Å². The van der Waals surface area contributed by atoms with Crippen molar-refractivity contribution in [3.8, 4) is 0 Å². The summed E-state index contributed by atoms with van der Waals surface area (Å²) in [6.45, 7) is 7.07. The van der Waals surface area contributed by atoms with E-state index in [2.05, 4.69) is 56.1 Å². The first-order valence-electron chi connectivity index (χ1n) is 8.87. The minimum atomic E-state index is -3.04. The highest BCUT2D eigenvalue weighted by Crippen LogP contribution is 2.64. The number of likely N-dealkylation sites (N-methyl/N-ethyl adjacent to an activating group) is 1. The molecule has 4 nitrogen and oxygen atoms in total. The van der Waals surface area contributed by atoms with Crippen molar-refractivity contribution in [2.75, 3.05) is 32.9 Å². The van der Waals surface area contributed by atoms with E-state index in [0.29, 0.717) is 24.5 Å². The van der Waals surface area contributed by atoms with Crippen LogP contribution >= 0.6 is 0 Å². The molecular formula is C19H30N2O2S. The molecule has 1 aliphatic heterocycles. The highest BCUT2D eigenvalue weighted by atomic mass is 32.2. The summed E-state index contributed by atoms with van der Waals surface area (Å²) in [4.78, 5) is 2.47. The van der Waals surface area contributed by atoms with E-state index in [1.54, 1.807) is 4.31 Å². The van der Waals surface area contributed by atoms with Gasteiger partial charge in [0.2, 0.25) is 10.0 Å². The van der Waals surface area contributed by atoms with Gasteiger partial charge < -0.3 is 4.90 Å². The number of hydrogen-bond donors (Lipinski definition) is 0. The Morgan fingerprint density at radius 3 is 2.17 bits per heavy atom. The van der Waals surface area contributed by atoms with Crippen LogP contribution < -0.4 is 0 Å². The molecule has 1 aliphatic carbocycles. The Kier molecular flexibility index (Phi) is 4.56. The third kappa shape index (κ3) is 3.26. The maximum Gasteiger partial charge on any atom is 0.211 e. The van der Waals surface area contributed by atoms with Crippen LogP contribution in [0.5, 0.6) is 0 Å². The second-order valence-electron chi connectivity index (χ2n) is 8.32. The molecule has 3 rings (SSSR count). The molecule has 0 N–H and O–H groups in total. The Morgan fingerprint density at radius 1 is 1.17 bits per heavy atom. The summed E-state index contributed by atoms with van der Waals surface area (Å²) in [5.74, 6) is 0. The van der Waals surface area contributed by atoms with Gasteiger partial charge in [0, 0.05) is 31.1 Å². The topological polar surface area (TPSA) is 40.6 Å². The minimum Gasteiger partial charge on any atom is -0.302 e. The van der Waals surface area contributed by atoms with Gasteiger partial charge in [-0.25, -0.2) is 12.7 Å². The molecule has 134 valence electrons. The lowest BCUT2D eigenvalue weighted by molar-refractivity contribution is 0.150. The van der Waals surface area contributed by atoms with Gasteiger partial charge in [-0.15, -0.1) is 0 Å². The molecule has 0 bridgehead atoms. The van der Waals surface area contributed by atoms with E-state index in [1.807, 2.05) is 0 Å². The summed E-state index contributed by atoms with van der Waals surface area (Å²) in [6.07, 6.45) is 4.38. The molecule has 24 heavy (non-hydrogen) atoms. The molecule has 0 unspecified atom stereocenters. The van der Waals surface area contributed by atoms with Crippen molar-refractivity contribution in [3.05, 3.63) is 35.9 Å². The van der Waals surface area contributed by atoms with Gasteiger partial charge in [-0.1, -0.05) is 44.2 Å². The molecule has 0 spiro atoms. The molecule has 5 heteroatoms. The van der Waals surface area contributed by atoms with E-state index in [1.165, 1.54) is 18.2 Å². The van der Waals surface area contributed by atoms with Gasteiger partial charge in [-0.3, -0.25) is 0 Å². The van der Waals surface area contributed by atoms with E-state index in [4.69, 9.17) is 0 Å². The molecule has 1 aromatic carbocycles. The average molecular weight is 351 g/mol. The Morgan fingerprint density at radius 2 is 1.71 bits per heavy atom. The third-order valence-electron chi connectivity index (χ3n) is 6.28. The van der Waals surface area contributed by atoms with Gasteiger partial charge in [0.1, 0.15) is 0 Å². The first-order chi connectivity index (χ1) is 11.2. The van der Waals surface area contributed by atoms with Crippen LogP contribution in [0.4, 0.5) is 0 Å². The van der Waals surface area contributed by atoms with Crippen LogP contribution in [-0.4, -0.2) is 56.6 Å². The lowest BCUT2D eigenvalue weighted by atomic mass is 9.86. The molecule has 1 saturated carbocycles. The van der Waals surface area contributed by atoms with E-state index < -0.39 is 10.0 Å². The number of benzene rings is 1. The summed E-state index contributed by atoms with van der Waals surface area (Å²) >= 11 is 0. The number of nitrogens with zero attached hydrogens (tertiary/aromatic N) is 2. The maximum absolute atomic E-state index is 11.7. The standard InChI is InChI=1S/C19H30N2O2S/c1-18(2)14-19(18,16-8-6-5-7-9-16)15-20(3)17-10-12-21(13-11-17)24(4,22)23/h5-9,17H,10-15H2,1-4H3/t19-/m1/s1. The van der Waals surface area contributed by atoms with Gasteiger partial charge in [-0.05, 0) is 37.3 Å². The van der Waals surface area contributed by atoms with Crippen molar-refractivity contribution in [2.45, 2.75) is 44.6 Å². The van der Waals surface area contributed by atoms with Gasteiger partial charge in [0.15, 0.2) is 0 Å². The fraction of sp³-hybridized carbons (Fsp3) is 0.684. The van der Waals surface area contributed by atoms with Crippen LogP contribution in [0, 0.1) is 5.41 Å². The fourth-order valence-corrected chi connectivity index (χ4v) is 5.36. The lowest BCUT2D eigenvalue weighted by Crippen LogP contribution is -2.47. The molecule has 1 heterocycles. The largest absolute Gasteiger partial charge is 0.302 e. The van der Waals surface area contributed by atoms with Crippen molar-refractivity contribution >= 4 is 10.0 Å². The van der Waals surface area contributed by atoms with Crippen LogP contribution in [0.25, 0.3) is 0 Å². The quantitative estimate of drug-likeness (QED) is 0.820. The highest BCUT2D eigenvalue weighted by molar-refractivity contribution is 7.88. The Balaban J connectivity index is 1.68. The van der Waals surface area contributed by atoms with E-state index in [9.17, 15) is 8.42 Å². The van der Waals surface area contributed by atoms with Gasteiger partial charge >= 0.3 is 0 Å². The molecule has 0 amide bonds. The lowest BCUT2D eigenvalue weighted by Gasteiger charge is -2.38. The van der Waals surface area contributed by atoms with Gasteiger partial charge in [0.25, 0.3) is 0 Å². The summed E-state index contributed by atoms with van der Waals surface area (Å²) in [5.41, 5.74) is 2.00. The summed E-state index contributed by atoms with van der Waals surface area (Å²) < 4.78 is 25.0. The molecule has 0 aromatic heterocycles. The third-order valence-corrected chi connectivity index (χ3v) is 7.58. The number of piperidine rings is 1. The van der Waals surface area contributed by atoms with Crippen molar-refractivity contribution in [1.82, 2.24) is 9.21 Å². The molecule has 2 fully saturated rings. The molecule has 0 radical (unpaired) electrons. The minimum absolute atomic E-state index is 0.233. The fourth-order valence-electron chi connectivity index (χ4n) is 4.49. The SMILES string of the molecule is CN(C[C@@]1(c2ccccc2)CC1(C)C)C1CCN(S(C)(=O)=O)CC1. The predicted octanol–water partition coefficient (Wildman–Crippen LogP) is 2.71. The van der Waals surface area contributed by atoms with Crippen LogP contribution in [0.1, 0.15) is 38.7 Å². The second-order valence-corrected chi connectivity index (χ2v) is 10.3. The first-order valence-corrected chi connectivity index (χ1v) is 10.7. The zero-order chi connectivity index (χ0) is 17.6. The van der Waals surface area contributed by atoms with Gasteiger partial charge in [0.05, 0.1) is 6.26 Å². The Labute approximate surface area is 146 Å². The zero-order valence-electron chi connectivity index (χ0n) is 15.3. The normalized spacial score (nSPS) is 28.2. The van der Waals surface area contributed by atoms with Crippen LogP contribution in [0.15, 0.2) is 30.3 Å². The van der Waals surface area contributed by atoms with Crippen LogP contribution in [0.3, 0.4) is 0 Å². The van der Waals surface area contributed by atoms with Crippen molar-refractivity contribution in [1.29, 1.82) is 0 Å². The number of hydrogen-bond acceptors (Lipinski definition) is 3. The summed E-state index contributed by atoms with van der Waals surface area (Å²) in [7, 11) is -0.836. The van der Waals surface area contributed by atoms with Crippen LogP contribution in [-0.2, 0) is 15.4 Å². The van der Waals surface area contributed by atoms with Gasteiger partial charge in [-0.2, -0.15) is 0 Å². The monoisotopic (exact) mass is 350 g/mol. The van der Waals surface area contributed by atoms with E-state index in [0.717, 1.165) is 19.4 Å². The molecule has 1 saturated heterocycles. The van der Waals surface area contributed by atoms with Crippen molar-refractivity contribution < 1.29 is 8.42 Å². The molecular weight excluding hydrogens is 320 g/mol. The van der Waals surface area contributed by atoms with Crippen LogP contribution in [0.2, 0.25) is 0 Å². The molecule has 2 aliphatic rings. The maximum atomic E-state index is 11.7. The number of rotatable bonds is 5.